The molecule has 3 atom stereocenters. The molecule has 0 aromatic heterocycles. The molecule has 0 saturated carbocycles. The molecule has 1 aliphatic carbocycles. The minimum Gasteiger partial charge on any atom is -0.464 e. The number of allylic oxidation sites excluding steroid dienone is 1. The Bertz CT molecular complexity index is 389. The monoisotopic (exact) mass is 410 g/mol. The second kappa shape index (κ2) is 8.73. The van der Waals surface area contributed by atoms with Crippen LogP contribution >= 0.6 is 22.6 Å². The molecule has 0 heterocycles. The minimum atomic E-state index is -1.30. The number of ether oxygens (including phenoxy) is 3. The zero-order chi connectivity index (χ0) is 16.0. The van der Waals surface area contributed by atoms with Crippen molar-refractivity contribution >= 4 is 34.5 Å². The van der Waals surface area contributed by atoms with Crippen molar-refractivity contribution in [3.05, 3.63) is 11.6 Å². The van der Waals surface area contributed by atoms with Gasteiger partial charge in [0, 0.05) is 0 Å². The maximum Gasteiger partial charge on any atom is 0.347 e. The summed E-state index contributed by atoms with van der Waals surface area (Å²) in [4.78, 5) is 23.9. The summed E-state index contributed by atoms with van der Waals surface area (Å²) in [5.74, 6) is -1.14. The Morgan fingerprint density at radius 2 is 1.81 bits per heavy atom. The molecule has 0 N–H and O–H groups in total. The summed E-state index contributed by atoms with van der Waals surface area (Å²) in [6, 6.07) is 0. The molecular weight excluding hydrogens is 387 g/mol. The molecule has 0 aromatic carbocycles. The first kappa shape index (κ1) is 18.4. The predicted octanol–water partition coefficient (Wildman–Crippen LogP) is 2.66. The molecule has 6 heteroatoms. The first-order chi connectivity index (χ1) is 9.90. The zero-order valence-corrected chi connectivity index (χ0v) is 15.1. The van der Waals surface area contributed by atoms with Crippen LogP contribution in [0.25, 0.3) is 0 Å². The quantitative estimate of drug-likeness (QED) is 0.222. The normalized spacial score (nSPS) is 25.4. The summed E-state index contributed by atoms with van der Waals surface area (Å²) in [7, 11) is 0. The van der Waals surface area contributed by atoms with Crippen molar-refractivity contribution in [2.24, 2.45) is 5.92 Å². The van der Waals surface area contributed by atoms with Gasteiger partial charge in [-0.25, -0.2) is 9.59 Å². The number of hydrogen-bond donors (Lipinski definition) is 0. The zero-order valence-electron chi connectivity index (χ0n) is 12.9. The lowest BCUT2D eigenvalue weighted by Gasteiger charge is -2.33. The fourth-order valence-corrected chi connectivity index (χ4v) is 3.87. The van der Waals surface area contributed by atoms with Crippen molar-refractivity contribution in [3.63, 3.8) is 0 Å². The SMILES string of the molecule is CCOC(=O)C(OC1C(I)C=C(C)CC1C)C(=O)OCC. The van der Waals surface area contributed by atoms with Crippen molar-refractivity contribution < 1.29 is 23.8 Å². The molecule has 1 rings (SSSR count). The summed E-state index contributed by atoms with van der Waals surface area (Å²) >= 11 is 2.27. The summed E-state index contributed by atoms with van der Waals surface area (Å²) < 4.78 is 15.7. The maximum absolute atomic E-state index is 11.9. The number of halogens is 1. The molecule has 21 heavy (non-hydrogen) atoms. The lowest BCUT2D eigenvalue weighted by atomic mass is 9.88. The molecule has 1 aliphatic rings. The fraction of sp³-hybridized carbons (Fsp3) is 0.733. The van der Waals surface area contributed by atoms with Gasteiger partial charge in [-0.2, -0.15) is 0 Å². The van der Waals surface area contributed by atoms with Gasteiger partial charge in [0.05, 0.1) is 23.2 Å². The van der Waals surface area contributed by atoms with Crippen LogP contribution in [-0.2, 0) is 23.8 Å². The van der Waals surface area contributed by atoms with Gasteiger partial charge in [0.2, 0.25) is 0 Å². The van der Waals surface area contributed by atoms with Gasteiger partial charge < -0.3 is 14.2 Å². The predicted molar refractivity (Wildman–Crippen MR) is 87.3 cm³/mol. The topological polar surface area (TPSA) is 61.8 Å². The second-order valence-corrected chi connectivity index (χ2v) is 6.56. The molecular formula is C15H23IO5. The van der Waals surface area contributed by atoms with Crippen LogP contribution in [-0.4, -0.2) is 41.3 Å². The van der Waals surface area contributed by atoms with E-state index in [1.165, 1.54) is 5.57 Å². The van der Waals surface area contributed by atoms with Gasteiger partial charge in [0.25, 0.3) is 6.10 Å². The molecule has 0 radical (unpaired) electrons. The van der Waals surface area contributed by atoms with Crippen LogP contribution in [0.3, 0.4) is 0 Å². The van der Waals surface area contributed by atoms with Gasteiger partial charge in [0.1, 0.15) is 0 Å². The minimum absolute atomic E-state index is 0.109. The third kappa shape index (κ3) is 5.25. The van der Waals surface area contributed by atoms with Gasteiger partial charge in [-0.05, 0) is 33.1 Å². The summed E-state index contributed by atoms with van der Waals surface area (Å²) in [5.41, 5.74) is 1.30. The Kier molecular flexibility index (Phi) is 7.65. The van der Waals surface area contributed by atoms with E-state index in [4.69, 9.17) is 14.2 Å². The van der Waals surface area contributed by atoms with E-state index in [-0.39, 0.29) is 29.2 Å². The molecule has 0 amide bonds. The largest absolute Gasteiger partial charge is 0.464 e. The van der Waals surface area contributed by atoms with Crippen LogP contribution in [0.4, 0.5) is 0 Å². The molecule has 5 nitrogen and oxygen atoms in total. The van der Waals surface area contributed by atoms with E-state index in [2.05, 4.69) is 42.5 Å². The Morgan fingerprint density at radius 1 is 1.29 bits per heavy atom. The molecule has 0 bridgehead atoms. The summed E-state index contributed by atoms with van der Waals surface area (Å²) in [6.45, 7) is 7.91. The van der Waals surface area contributed by atoms with Crippen molar-refractivity contribution in [1.82, 2.24) is 0 Å². The van der Waals surface area contributed by atoms with E-state index in [9.17, 15) is 9.59 Å². The number of hydrogen-bond acceptors (Lipinski definition) is 5. The van der Waals surface area contributed by atoms with Crippen molar-refractivity contribution in [1.29, 1.82) is 0 Å². The number of carbonyl (C=O) groups excluding carboxylic acids is 2. The lowest BCUT2D eigenvalue weighted by Crippen LogP contribution is -2.44. The van der Waals surface area contributed by atoms with Gasteiger partial charge in [0.15, 0.2) is 0 Å². The van der Waals surface area contributed by atoms with Gasteiger partial charge in [-0.15, -0.1) is 0 Å². The van der Waals surface area contributed by atoms with Crippen LogP contribution in [0.2, 0.25) is 0 Å². The van der Waals surface area contributed by atoms with E-state index in [1.807, 2.05) is 0 Å². The van der Waals surface area contributed by atoms with Crippen LogP contribution in [0.15, 0.2) is 11.6 Å². The average Bonchev–Trinajstić information content (AvgIpc) is 2.38. The Labute approximate surface area is 139 Å². The number of carbonyl (C=O) groups is 2. The van der Waals surface area contributed by atoms with Crippen molar-refractivity contribution in [3.8, 4) is 0 Å². The maximum atomic E-state index is 11.9. The third-order valence-corrected chi connectivity index (χ3v) is 4.33. The Balaban J connectivity index is 2.85. The smallest absolute Gasteiger partial charge is 0.347 e. The standard InChI is InChI=1S/C15H23IO5/c1-5-19-14(17)13(15(18)20-6-2)21-12-10(4)7-9(3)8-11(12)16/h8,10-13H,5-7H2,1-4H3. The van der Waals surface area contributed by atoms with Gasteiger partial charge in [-0.1, -0.05) is 41.2 Å². The van der Waals surface area contributed by atoms with Gasteiger partial charge >= 0.3 is 11.9 Å². The van der Waals surface area contributed by atoms with Crippen LogP contribution < -0.4 is 0 Å². The first-order valence-electron chi connectivity index (χ1n) is 7.20. The number of alkyl halides is 1. The van der Waals surface area contributed by atoms with Crippen molar-refractivity contribution in [2.45, 2.75) is 50.2 Å². The number of rotatable bonds is 6. The third-order valence-electron chi connectivity index (χ3n) is 3.26. The fourth-order valence-electron chi connectivity index (χ4n) is 2.38. The number of esters is 2. The average molecular weight is 410 g/mol. The van der Waals surface area contributed by atoms with E-state index in [1.54, 1.807) is 13.8 Å². The van der Waals surface area contributed by atoms with Crippen LogP contribution in [0.1, 0.15) is 34.1 Å². The van der Waals surface area contributed by atoms with Crippen LogP contribution in [0.5, 0.6) is 0 Å². The molecule has 0 fully saturated rings. The summed E-state index contributed by atoms with van der Waals surface area (Å²) in [5, 5.41) is 0. The molecule has 120 valence electrons. The van der Waals surface area contributed by atoms with Crippen molar-refractivity contribution in [2.75, 3.05) is 13.2 Å². The molecule has 0 aromatic rings. The molecule has 3 unspecified atom stereocenters. The molecule has 0 spiro atoms. The highest BCUT2D eigenvalue weighted by Crippen LogP contribution is 2.32. The van der Waals surface area contributed by atoms with E-state index in [0.29, 0.717) is 0 Å². The Morgan fingerprint density at radius 3 is 2.24 bits per heavy atom. The Hall–Kier alpha value is -0.630. The lowest BCUT2D eigenvalue weighted by molar-refractivity contribution is -0.178. The van der Waals surface area contributed by atoms with E-state index < -0.39 is 18.0 Å². The highest BCUT2D eigenvalue weighted by Gasteiger charge is 2.38. The molecule has 0 aliphatic heterocycles. The second-order valence-electron chi connectivity index (χ2n) is 5.12. The highest BCUT2D eigenvalue weighted by atomic mass is 127. The van der Waals surface area contributed by atoms with Crippen LogP contribution in [0, 0.1) is 5.92 Å². The van der Waals surface area contributed by atoms with E-state index in [0.717, 1.165) is 6.42 Å². The first-order valence-corrected chi connectivity index (χ1v) is 8.45. The summed E-state index contributed by atoms with van der Waals surface area (Å²) in [6.07, 6.45) is 1.48. The molecule has 0 saturated heterocycles. The van der Waals surface area contributed by atoms with Gasteiger partial charge in [-0.3, -0.25) is 0 Å². The van der Waals surface area contributed by atoms with E-state index >= 15 is 0 Å². The highest BCUT2D eigenvalue weighted by molar-refractivity contribution is 14.1.